The molecular formula is C33H39N3O4S. The number of likely N-dealkylation sites (tertiary alicyclic amines) is 1. The highest BCUT2D eigenvalue weighted by Crippen LogP contribution is 2.67. The number of fused-ring (bicyclic) bond motifs is 1. The zero-order valence-electron chi connectivity index (χ0n) is 24.0. The van der Waals surface area contributed by atoms with E-state index in [9.17, 15) is 19.5 Å². The van der Waals surface area contributed by atoms with Gasteiger partial charge in [-0.25, -0.2) is 0 Å². The Balaban J connectivity index is 1.60. The molecule has 0 radical (unpaired) electrons. The van der Waals surface area contributed by atoms with Crippen LogP contribution in [-0.4, -0.2) is 69.5 Å². The lowest BCUT2D eigenvalue weighted by atomic mass is 9.70. The Kier molecular flexibility index (Phi) is 8.17. The first kappa shape index (κ1) is 29.1. The van der Waals surface area contributed by atoms with Crippen LogP contribution in [-0.2, 0) is 14.4 Å². The number of anilines is 2. The van der Waals surface area contributed by atoms with Crippen molar-refractivity contribution in [3.05, 3.63) is 85.0 Å². The number of benzene rings is 2. The summed E-state index contributed by atoms with van der Waals surface area (Å²) in [6.07, 6.45) is 4.81. The van der Waals surface area contributed by atoms with E-state index >= 15 is 0 Å². The number of aliphatic hydroxyl groups excluding tert-OH is 1. The van der Waals surface area contributed by atoms with Crippen LogP contribution in [0.15, 0.2) is 73.8 Å². The maximum absolute atomic E-state index is 14.8. The number of aliphatic hydroxyl groups is 1. The van der Waals surface area contributed by atoms with Crippen LogP contribution in [0.2, 0.25) is 0 Å². The van der Waals surface area contributed by atoms with E-state index in [-0.39, 0.29) is 36.1 Å². The normalized spacial score (nSPS) is 26.9. The number of hydrogen-bond acceptors (Lipinski definition) is 5. The van der Waals surface area contributed by atoms with Gasteiger partial charge in [-0.3, -0.25) is 14.4 Å². The number of aryl methyl sites for hydroxylation is 2. The zero-order valence-corrected chi connectivity index (χ0v) is 24.8. The molecule has 3 fully saturated rings. The average Bonchev–Trinajstić information content (AvgIpc) is 3.62. The fourth-order valence-electron chi connectivity index (χ4n) is 7.25. The number of hydrogen-bond donors (Lipinski definition) is 1. The summed E-state index contributed by atoms with van der Waals surface area (Å²) in [5, 5.41) is 10.2. The van der Waals surface area contributed by atoms with Gasteiger partial charge in [0.05, 0.1) is 29.2 Å². The van der Waals surface area contributed by atoms with Gasteiger partial charge < -0.3 is 19.8 Å². The third-order valence-corrected chi connectivity index (χ3v) is 10.9. The summed E-state index contributed by atoms with van der Waals surface area (Å²) >= 11 is 1.64. The van der Waals surface area contributed by atoms with Crippen LogP contribution in [0, 0.1) is 25.7 Å². The van der Waals surface area contributed by atoms with Crippen molar-refractivity contribution in [2.45, 2.75) is 55.7 Å². The summed E-state index contributed by atoms with van der Waals surface area (Å²) < 4.78 is -0.755. The van der Waals surface area contributed by atoms with E-state index in [1.165, 1.54) is 0 Å². The predicted octanol–water partition coefficient (Wildman–Crippen LogP) is 4.51. The van der Waals surface area contributed by atoms with Crippen molar-refractivity contribution < 1.29 is 19.5 Å². The number of thioether (sulfide) groups is 1. The summed E-state index contributed by atoms with van der Waals surface area (Å²) in [6.45, 7) is 13.8. The first-order valence-electron chi connectivity index (χ1n) is 14.3. The van der Waals surface area contributed by atoms with Gasteiger partial charge in [-0.2, -0.15) is 0 Å². The van der Waals surface area contributed by atoms with Crippen LogP contribution in [0.5, 0.6) is 0 Å². The van der Waals surface area contributed by atoms with Gasteiger partial charge in [0.1, 0.15) is 6.04 Å². The zero-order chi connectivity index (χ0) is 29.5. The topological polar surface area (TPSA) is 81.2 Å². The second-order valence-corrected chi connectivity index (χ2v) is 13.0. The Labute approximate surface area is 246 Å². The minimum atomic E-state index is -0.807. The fraction of sp³-hybridized carbons (Fsp3) is 0.424. The second kappa shape index (κ2) is 11.5. The smallest absolute Gasteiger partial charge is 0.251 e. The molecule has 41 heavy (non-hydrogen) atoms. The van der Waals surface area contributed by atoms with Gasteiger partial charge in [-0.15, -0.1) is 24.9 Å². The molecule has 0 aromatic heterocycles. The third kappa shape index (κ3) is 4.61. The second-order valence-electron chi connectivity index (χ2n) is 11.4. The van der Waals surface area contributed by atoms with Gasteiger partial charge in [0.2, 0.25) is 11.8 Å². The molecule has 8 heteroatoms. The van der Waals surface area contributed by atoms with E-state index in [4.69, 9.17) is 0 Å². The third-order valence-electron chi connectivity index (χ3n) is 8.93. The minimum Gasteiger partial charge on any atom is -0.394 e. The lowest BCUT2D eigenvalue weighted by Gasteiger charge is -2.39. The standard InChI is InChI=1S/C33H39N3O4S/c1-6-18-34(24-14-9-8-10-15-24)30(38)26-25-16-17-33(41-25)27(26)31(39)36(23(5)20-37)29(33)32(40)35(19-7-2)28-21(3)12-11-13-22(28)4/h6-15,23,25-27,29,37H,1-2,16-20H2,3-5H3/t23-,25-,26+,27+,29?,33?/m1/s1. The molecule has 1 spiro atoms. The molecule has 3 amide bonds. The first-order valence-corrected chi connectivity index (χ1v) is 15.2. The summed E-state index contributed by atoms with van der Waals surface area (Å²) in [7, 11) is 0. The van der Waals surface area contributed by atoms with Crippen LogP contribution in [0.1, 0.15) is 30.9 Å². The molecule has 3 heterocycles. The van der Waals surface area contributed by atoms with Gasteiger partial charge in [0.25, 0.3) is 5.91 Å². The van der Waals surface area contributed by atoms with Crippen molar-refractivity contribution in [2.24, 2.45) is 11.8 Å². The summed E-state index contributed by atoms with van der Waals surface area (Å²) in [4.78, 5) is 48.5. The lowest BCUT2D eigenvalue weighted by molar-refractivity contribution is -0.141. The van der Waals surface area contributed by atoms with E-state index in [0.717, 1.165) is 28.9 Å². The van der Waals surface area contributed by atoms with Crippen molar-refractivity contribution in [1.82, 2.24) is 4.90 Å². The number of nitrogens with zero attached hydrogens (tertiary/aromatic N) is 3. The fourth-order valence-corrected chi connectivity index (χ4v) is 9.45. The molecule has 0 saturated carbocycles. The number of para-hydroxylation sites is 2. The van der Waals surface area contributed by atoms with Crippen molar-refractivity contribution in [1.29, 1.82) is 0 Å². The highest BCUT2D eigenvalue weighted by atomic mass is 32.2. The summed E-state index contributed by atoms with van der Waals surface area (Å²) in [6, 6.07) is 14.0. The van der Waals surface area contributed by atoms with E-state index in [0.29, 0.717) is 13.0 Å². The highest BCUT2D eigenvalue weighted by molar-refractivity contribution is 8.02. The number of carbonyl (C=O) groups excluding carboxylic acids is 3. The molecule has 3 saturated heterocycles. The Morgan fingerprint density at radius 1 is 1.05 bits per heavy atom. The molecule has 2 aromatic carbocycles. The SMILES string of the molecule is C=CCN(C(=O)[C@@H]1[C@H]2C(=O)N([C@H](C)CO)C(C(=O)N(CC=C)c3c(C)cccc3C)C23CC[C@H]1S3)c1ccccc1. The van der Waals surface area contributed by atoms with Crippen molar-refractivity contribution >= 4 is 40.9 Å². The van der Waals surface area contributed by atoms with E-state index in [1.54, 1.807) is 45.5 Å². The van der Waals surface area contributed by atoms with Gasteiger partial charge in [0.15, 0.2) is 0 Å². The lowest BCUT2D eigenvalue weighted by Crippen LogP contribution is -2.57. The van der Waals surface area contributed by atoms with Crippen molar-refractivity contribution in [3.8, 4) is 0 Å². The highest BCUT2D eigenvalue weighted by Gasteiger charge is 2.74. The molecule has 2 aromatic rings. The Morgan fingerprint density at radius 3 is 2.29 bits per heavy atom. The molecule has 1 N–H and O–H groups in total. The average molecular weight is 574 g/mol. The van der Waals surface area contributed by atoms with Gasteiger partial charge in [-0.05, 0) is 56.9 Å². The predicted molar refractivity (Wildman–Crippen MR) is 165 cm³/mol. The monoisotopic (exact) mass is 573 g/mol. The van der Waals surface area contributed by atoms with E-state index in [2.05, 4.69) is 13.2 Å². The van der Waals surface area contributed by atoms with Crippen LogP contribution in [0.4, 0.5) is 11.4 Å². The van der Waals surface area contributed by atoms with Crippen LogP contribution < -0.4 is 9.80 Å². The van der Waals surface area contributed by atoms with Gasteiger partial charge >= 0.3 is 0 Å². The Hall–Kier alpha value is -3.36. The first-order chi connectivity index (χ1) is 19.7. The van der Waals surface area contributed by atoms with Crippen molar-refractivity contribution in [2.75, 3.05) is 29.5 Å². The molecule has 3 aliphatic rings. The van der Waals surface area contributed by atoms with E-state index < -0.39 is 28.7 Å². The summed E-state index contributed by atoms with van der Waals surface area (Å²) in [5.74, 6) is -1.74. The van der Waals surface area contributed by atoms with Crippen LogP contribution in [0.25, 0.3) is 0 Å². The largest absolute Gasteiger partial charge is 0.394 e. The molecule has 5 rings (SSSR count). The van der Waals surface area contributed by atoms with Gasteiger partial charge in [0, 0.05) is 29.7 Å². The summed E-state index contributed by atoms with van der Waals surface area (Å²) in [5.41, 5.74) is 3.48. The van der Waals surface area contributed by atoms with Gasteiger partial charge in [-0.1, -0.05) is 48.6 Å². The van der Waals surface area contributed by atoms with Crippen molar-refractivity contribution in [3.63, 3.8) is 0 Å². The Morgan fingerprint density at radius 2 is 1.68 bits per heavy atom. The number of carbonyl (C=O) groups is 3. The molecule has 6 atom stereocenters. The Bertz CT molecular complexity index is 1340. The molecule has 2 bridgehead atoms. The number of amides is 3. The van der Waals surface area contributed by atoms with E-state index in [1.807, 2.05) is 62.4 Å². The van der Waals surface area contributed by atoms with Crippen LogP contribution in [0.3, 0.4) is 0 Å². The molecule has 2 unspecified atom stereocenters. The maximum atomic E-state index is 14.8. The molecule has 216 valence electrons. The molecule has 3 aliphatic heterocycles. The quantitative estimate of drug-likeness (QED) is 0.423. The number of rotatable bonds is 10. The van der Waals surface area contributed by atoms with Crippen LogP contribution >= 0.6 is 11.8 Å². The molecule has 7 nitrogen and oxygen atoms in total. The maximum Gasteiger partial charge on any atom is 0.251 e. The molecular weight excluding hydrogens is 534 g/mol. The minimum absolute atomic E-state index is 0.0672. The molecule has 0 aliphatic carbocycles.